The molecule has 106 valence electrons. The number of furan rings is 1. The maximum atomic E-state index is 12.9. The van der Waals surface area contributed by atoms with Gasteiger partial charge < -0.3 is 9.73 Å². The van der Waals surface area contributed by atoms with E-state index in [4.69, 9.17) is 16.0 Å². The van der Waals surface area contributed by atoms with Gasteiger partial charge in [-0.3, -0.25) is 4.98 Å². The lowest BCUT2D eigenvalue weighted by atomic mass is 10.2. The van der Waals surface area contributed by atoms with E-state index in [0.717, 1.165) is 17.0 Å². The van der Waals surface area contributed by atoms with Crippen LogP contribution < -0.4 is 5.32 Å². The molecule has 2 aromatic heterocycles. The molecule has 0 fully saturated rings. The van der Waals surface area contributed by atoms with Crippen LogP contribution in [0, 0.1) is 5.82 Å². The molecule has 0 aliphatic carbocycles. The number of pyridine rings is 1. The Morgan fingerprint density at radius 2 is 1.90 bits per heavy atom. The molecule has 2 heterocycles. The summed E-state index contributed by atoms with van der Waals surface area (Å²) in [7, 11) is 0. The molecule has 0 unspecified atom stereocenters. The molecule has 0 amide bonds. The zero-order chi connectivity index (χ0) is 14.7. The van der Waals surface area contributed by atoms with Gasteiger partial charge in [-0.05, 0) is 42.5 Å². The lowest BCUT2D eigenvalue weighted by Gasteiger charge is -2.05. The first kappa shape index (κ1) is 13.6. The van der Waals surface area contributed by atoms with Gasteiger partial charge in [0.05, 0.1) is 23.5 Å². The zero-order valence-electron chi connectivity index (χ0n) is 11.0. The number of halogens is 2. The molecule has 3 nitrogen and oxygen atoms in total. The molecule has 3 aromatic rings. The van der Waals surface area contributed by atoms with E-state index in [1.54, 1.807) is 30.6 Å². The average Bonchev–Trinajstić information content (AvgIpc) is 2.96. The molecule has 1 N–H and O–H groups in total. The summed E-state index contributed by atoms with van der Waals surface area (Å²) in [5.74, 6) is 1.19. The van der Waals surface area contributed by atoms with Crippen molar-refractivity contribution in [2.24, 2.45) is 0 Å². The second kappa shape index (κ2) is 5.97. The minimum absolute atomic E-state index is 0.265. The van der Waals surface area contributed by atoms with Gasteiger partial charge in [0.15, 0.2) is 0 Å². The number of hydrogen-bond acceptors (Lipinski definition) is 3. The Morgan fingerprint density at radius 3 is 2.67 bits per heavy atom. The van der Waals surface area contributed by atoms with Gasteiger partial charge in [-0.15, -0.1) is 0 Å². The van der Waals surface area contributed by atoms with E-state index in [1.165, 1.54) is 12.1 Å². The van der Waals surface area contributed by atoms with Crippen molar-refractivity contribution < 1.29 is 8.81 Å². The van der Waals surface area contributed by atoms with E-state index in [9.17, 15) is 4.39 Å². The van der Waals surface area contributed by atoms with E-state index in [-0.39, 0.29) is 5.82 Å². The summed E-state index contributed by atoms with van der Waals surface area (Å²) in [6.07, 6.45) is 3.29. The Bertz CT molecular complexity index is 740. The van der Waals surface area contributed by atoms with Crippen LogP contribution in [0.4, 0.5) is 10.1 Å². The van der Waals surface area contributed by atoms with Crippen LogP contribution >= 0.6 is 11.6 Å². The van der Waals surface area contributed by atoms with Crippen molar-refractivity contribution in [1.82, 2.24) is 4.98 Å². The lowest BCUT2D eigenvalue weighted by molar-refractivity contribution is 0.531. The predicted octanol–water partition coefficient (Wildman–Crippen LogP) is 4.75. The third-order valence-corrected chi connectivity index (χ3v) is 3.34. The molecule has 0 atom stereocenters. The highest BCUT2D eigenvalue weighted by atomic mass is 35.5. The first-order chi connectivity index (χ1) is 10.2. The standard InChI is InChI=1S/C16H12ClFN2O/c17-14-7-8-19-10-15(14)20-9-13-5-6-16(21-13)11-1-3-12(18)4-2-11/h1-8,10,20H,9H2. The predicted molar refractivity (Wildman–Crippen MR) is 80.7 cm³/mol. The number of anilines is 1. The Balaban J connectivity index is 1.71. The highest BCUT2D eigenvalue weighted by molar-refractivity contribution is 6.33. The SMILES string of the molecule is Fc1ccc(-c2ccc(CNc3cnccc3Cl)o2)cc1. The Kier molecular flexibility index (Phi) is 3.88. The molecule has 21 heavy (non-hydrogen) atoms. The topological polar surface area (TPSA) is 38.1 Å². The van der Waals surface area contributed by atoms with Crippen molar-refractivity contribution in [1.29, 1.82) is 0 Å². The minimum Gasteiger partial charge on any atom is -0.459 e. The van der Waals surface area contributed by atoms with Gasteiger partial charge in [0.25, 0.3) is 0 Å². The molecule has 0 bridgehead atoms. The Morgan fingerprint density at radius 1 is 1.10 bits per heavy atom. The lowest BCUT2D eigenvalue weighted by Crippen LogP contribution is -1.98. The Labute approximate surface area is 126 Å². The normalized spacial score (nSPS) is 10.6. The van der Waals surface area contributed by atoms with E-state index < -0.39 is 0 Å². The summed E-state index contributed by atoms with van der Waals surface area (Å²) in [5.41, 5.74) is 1.58. The van der Waals surface area contributed by atoms with Gasteiger partial charge in [-0.1, -0.05) is 11.6 Å². The van der Waals surface area contributed by atoms with Crippen LogP contribution in [0.1, 0.15) is 5.76 Å². The van der Waals surface area contributed by atoms with Gasteiger partial charge in [0.2, 0.25) is 0 Å². The maximum absolute atomic E-state index is 12.9. The van der Waals surface area contributed by atoms with Crippen LogP contribution in [0.15, 0.2) is 59.3 Å². The first-order valence-electron chi connectivity index (χ1n) is 6.40. The van der Waals surface area contributed by atoms with Gasteiger partial charge in [0, 0.05) is 11.8 Å². The number of nitrogens with zero attached hydrogens (tertiary/aromatic N) is 1. The van der Waals surface area contributed by atoms with E-state index >= 15 is 0 Å². The number of nitrogens with one attached hydrogen (secondary N) is 1. The van der Waals surface area contributed by atoms with E-state index in [1.807, 2.05) is 12.1 Å². The third kappa shape index (κ3) is 3.23. The van der Waals surface area contributed by atoms with Crippen LogP contribution in [0.2, 0.25) is 5.02 Å². The molecule has 0 radical (unpaired) electrons. The summed E-state index contributed by atoms with van der Waals surface area (Å²) >= 11 is 6.04. The van der Waals surface area contributed by atoms with Crippen molar-refractivity contribution in [3.63, 3.8) is 0 Å². The van der Waals surface area contributed by atoms with Crippen molar-refractivity contribution >= 4 is 17.3 Å². The van der Waals surface area contributed by atoms with Gasteiger partial charge in [-0.25, -0.2) is 4.39 Å². The molecule has 0 spiro atoms. The molecule has 0 aliphatic rings. The van der Waals surface area contributed by atoms with Gasteiger partial charge in [-0.2, -0.15) is 0 Å². The molecule has 0 saturated heterocycles. The van der Waals surface area contributed by atoms with E-state index in [2.05, 4.69) is 10.3 Å². The van der Waals surface area contributed by atoms with Crippen LogP contribution in [0.5, 0.6) is 0 Å². The summed E-state index contributed by atoms with van der Waals surface area (Å²) in [4.78, 5) is 4.01. The smallest absolute Gasteiger partial charge is 0.134 e. The number of rotatable bonds is 4. The van der Waals surface area contributed by atoms with Gasteiger partial charge in [0.1, 0.15) is 17.3 Å². The fraction of sp³-hybridized carbons (Fsp3) is 0.0625. The van der Waals surface area contributed by atoms with Gasteiger partial charge >= 0.3 is 0 Å². The van der Waals surface area contributed by atoms with Crippen LogP contribution in [0.3, 0.4) is 0 Å². The summed E-state index contributed by atoms with van der Waals surface area (Å²) < 4.78 is 18.6. The minimum atomic E-state index is -0.265. The summed E-state index contributed by atoms with van der Waals surface area (Å²) in [6, 6.07) is 11.6. The first-order valence-corrected chi connectivity index (χ1v) is 6.78. The van der Waals surface area contributed by atoms with Crippen molar-refractivity contribution in [3.05, 3.63) is 71.5 Å². The summed E-state index contributed by atoms with van der Waals surface area (Å²) in [5, 5.41) is 3.76. The molecule has 0 saturated carbocycles. The highest BCUT2D eigenvalue weighted by Crippen LogP contribution is 2.24. The van der Waals surface area contributed by atoms with E-state index in [0.29, 0.717) is 17.3 Å². The average molecular weight is 303 g/mol. The molecule has 0 aliphatic heterocycles. The fourth-order valence-corrected chi connectivity index (χ4v) is 2.10. The second-order valence-corrected chi connectivity index (χ2v) is 4.89. The number of benzene rings is 1. The van der Waals surface area contributed by atoms with Crippen LogP contribution in [-0.2, 0) is 6.54 Å². The van der Waals surface area contributed by atoms with Crippen molar-refractivity contribution in [3.8, 4) is 11.3 Å². The Hall–Kier alpha value is -2.33. The summed E-state index contributed by atoms with van der Waals surface area (Å²) in [6.45, 7) is 0.493. The second-order valence-electron chi connectivity index (χ2n) is 4.48. The van der Waals surface area contributed by atoms with Crippen molar-refractivity contribution in [2.75, 3.05) is 5.32 Å². The largest absolute Gasteiger partial charge is 0.459 e. The fourth-order valence-electron chi connectivity index (χ4n) is 1.93. The monoisotopic (exact) mass is 302 g/mol. The zero-order valence-corrected chi connectivity index (χ0v) is 11.8. The molecular formula is C16H12ClFN2O. The van der Waals surface area contributed by atoms with Crippen LogP contribution in [0.25, 0.3) is 11.3 Å². The quantitative estimate of drug-likeness (QED) is 0.756. The highest BCUT2D eigenvalue weighted by Gasteiger charge is 2.06. The van der Waals surface area contributed by atoms with Crippen LogP contribution in [-0.4, -0.2) is 4.98 Å². The molecule has 5 heteroatoms. The van der Waals surface area contributed by atoms with Crippen molar-refractivity contribution in [2.45, 2.75) is 6.54 Å². The molecule has 1 aromatic carbocycles. The number of hydrogen-bond donors (Lipinski definition) is 1. The number of aromatic nitrogens is 1. The molecular weight excluding hydrogens is 291 g/mol. The maximum Gasteiger partial charge on any atom is 0.134 e. The third-order valence-electron chi connectivity index (χ3n) is 3.01. The molecule has 3 rings (SSSR count).